The van der Waals surface area contributed by atoms with Crippen molar-refractivity contribution in [2.75, 3.05) is 18.0 Å². The van der Waals surface area contributed by atoms with Gasteiger partial charge in [-0.15, -0.1) is 0 Å². The highest BCUT2D eigenvalue weighted by Gasteiger charge is 2.24. The Morgan fingerprint density at radius 3 is 2.64 bits per heavy atom. The van der Waals surface area contributed by atoms with Crippen LogP contribution in [0.15, 0.2) is 24.5 Å². The van der Waals surface area contributed by atoms with Gasteiger partial charge >= 0.3 is 0 Å². The molecule has 0 bridgehead atoms. The number of nitrogens with zero attached hydrogens (tertiary/aromatic N) is 2. The summed E-state index contributed by atoms with van der Waals surface area (Å²) in [4.78, 5) is 6.60. The van der Waals surface area contributed by atoms with Gasteiger partial charge in [0.2, 0.25) is 0 Å². The van der Waals surface area contributed by atoms with Gasteiger partial charge in [-0.3, -0.25) is 4.98 Å². The van der Waals surface area contributed by atoms with Gasteiger partial charge in [-0.1, -0.05) is 0 Å². The first-order valence-corrected chi connectivity index (χ1v) is 5.18. The number of hydrogen-bond donors (Lipinski definition) is 1. The van der Waals surface area contributed by atoms with E-state index >= 15 is 0 Å². The summed E-state index contributed by atoms with van der Waals surface area (Å²) in [6.07, 6.45) is 3.76. The van der Waals surface area contributed by atoms with Crippen LogP contribution in [0.4, 0.5) is 5.69 Å². The maximum Gasteiger partial charge on any atom is 0.0558 e. The summed E-state index contributed by atoms with van der Waals surface area (Å²) in [6.45, 7) is 6.60. The summed E-state index contributed by atoms with van der Waals surface area (Å²) in [5, 5.41) is 3.42. The molecule has 1 saturated heterocycles. The summed E-state index contributed by atoms with van der Waals surface area (Å²) in [6, 6.07) is 5.22. The third-order valence-corrected chi connectivity index (χ3v) is 2.77. The van der Waals surface area contributed by atoms with Crippen LogP contribution < -0.4 is 10.2 Å². The fourth-order valence-electron chi connectivity index (χ4n) is 2.15. The average Bonchev–Trinajstić information content (AvgIpc) is 2.19. The fraction of sp³-hybridized carbons (Fsp3) is 0.545. The zero-order valence-electron chi connectivity index (χ0n) is 8.77. The van der Waals surface area contributed by atoms with Gasteiger partial charge in [-0.05, 0) is 26.0 Å². The minimum absolute atomic E-state index is 0.544. The number of nitrogens with one attached hydrogen (secondary N) is 1. The Labute approximate surface area is 85.1 Å². The lowest BCUT2D eigenvalue weighted by molar-refractivity contribution is 0.431. The summed E-state index contributed by atoms with van der Waals surface area (Å²) in [5.41, 5.74) is 1.23. The van der Waals surface area contributed by atoms with Crippen LogP contribution in [0.1, 0.15) is 13.8 Å². The fourth-order valence-corrected chi connectivity index (χ4v) is 2.15. The van der Waals surface area contributed by atoms with E-state index in [1.165, 1.54) is 5.69 Å². The molecule has 1 aliphatic heterocycles. The van der Waals surface area contributed by atoms with Crippen LogP contribution in [-0.2, 0) is 0 Å². The summed E-state index contributed by atoms with van der Waals surface area (Å²) >= 11 is 0. The topological polar surface area (TPSA) is 28.2 Å². The monoisotopic (exact) mass is 191 g/mol. The predicted molar refractivity (Wildman–Crippen MR) is 58.5 cm³/mol. The highest BCUT2D eigenvalue weighted by Crippen LogP contribution is 2.20. The van der Waals surface area contributed by atoms with Gasteiger partial charge in [0.15, 0.2) is 0 Å². The third-order valence-electron chi connectivity index (χ3n) is 2.77. The second-order valence-electron chi connectivity index (χ2n) is 3.97. The predicted octanol–water partition coefficient (Wildman–Crippen LogP) is 1.27. The van der Waals surface area contributed by atoms with Gasteiger partial charge in [-0.25, -0.2) is 0 Å². The highest BCUT2D eigenvalue weighted by atomic mass is 15.2. The maximum atomic E-state index is 4.17. The number of hydrogen-bond acceptors (Lipinski definition) is 3. The lowest BCUT2D eigenvalue weighted by Gasteiger charge is -2.41. The standard InChI is InChI=1S/C11H17N3/c1-9-6-13-7-10(2)14(9)11-4-3-5-12-8-11/h3-5,8-10,13H,6-7H2,1-2H3. The van der Waals surface area contributed by atoms with Crippen LogP contribution in [-0.4, -0.2) is 30.2 Å². The second kappa shape index (κ2) is 3.96. The number of aromatic nitrogens is 1. The van der Waals surface area contributed by atoms with Crippen LogP contribution >= 0.6 is 0 Å². The first-order valence-electron chi connectivity index (χ1n) is 5.18. The quantitative estimate of drug-likeness (QED) is 0.724. The molecule has 0 saturated carbocycles. The van der Waals surface area contributed by atoms with Gasteiger partial charge in [0.1, 0.15) is 0 Å². The zero-order chi connectivity index (χ0) is 9.97. The van der Waals surface area contributed by atoms with Crippen molar-refractivity contribution in [2.24, 2.45) is 0 Å². The van der Waals surface area contributed by atoms with E-state index in [9.17, 15) is 0 Å². The smallest absolute Gasteiger partial charge is 0.0558 e. The van der Waals surface area contributed by atoms with E-state index in [4.69, 9.17) is 0 Å². The Hall–Kier alpha value is -1.09. The van der Waals surface area contributed by atoms with Crippen molar-refractivity contribution in [2.45, 2.75) is 25.9 Å². The Morgan fingerprint density at radius 2 is 2.07 bits per heavy atom. The third kappa shape index (κ3) is 1.73. The maximum absolute atomic E-state index is 4.17. The van der Waals surface area contributed by atoms with Crippen molar-refractivity contribution in [3.05, 3.63) is 24.5 Å². The highest BCUT2D eigenvalue weighted by molar-refractivity contribution is 5.46. The SMILES string of the molecule is CC1CNCC(C)N1c1cccnc1. The van der Waals surface area contributed by atoms with Gasteiger partial charge in [0.25, 0.3) is 0 Å². The van der Waals surface area contributed by atoms with Crippen molar-refractivity contribution in [3.63, 3.8) is 0 Å². The molecule has 1 aromatic heterocycles. The van der Waals surface area contributed by atoms with Crippen LogP contribution in [0.3, 0.4) is 0 Å². The van der Waals surface area contributed by atoms with Crippen LogP contribution in [0.25, 0.3) is 0 Å². The second-order valence-corrected chi connectivity index (χ2v) is 3.97. The molecule has 14 heavy (non-hydrogen) atoms. The molecule has 0 aromatic carbocycles. The summed E-state index contributed by atoms with van der Waals surface area (Å²) < 4.78 is 0. The lowest BCUT2D eigenvalue weighted by Crippen LogP contribution is -2.55. The lowest BCUT2D eigenvalue weighted by atomic mass is 10.1. The van der Waals surface area contributed by atoms with Gasteiger partial charge in [0.05, 0.1) is 11.9 Å². The van der Waals surface area contributed by atoms with E-state index in [-0.39, 0.29) is 0 Å². The van der Waals surface area contributed by atoms with Crippen LogP contribution in [0, 0.1) is 0 Å². The summed E-state index contributed by atoms with van der Waals surface area (Å²) in [7, 11) is 0. The minimum Gasteiger partial charge on any atom is -0.362 e. The molecule has 3 nitrogen and oxygen atoms in total. The van der Waals surface area contributed by atoms with E-state index in [0.717, 1.165) is 13.1 Å². The Kier molecular flexibility index (Phi) is 2.68. The largest absolute Gasteiger partial charge is 0.362 e. The molecule has 2 rings (SSSR count). The van der Waals surface area contributed by atoms with Crippen LogP contribution in [0.2, 0.25) is 0 Å². The van der Waals surface area contributed by atoms with E-state index < -0.39 is 0 Å². The molecule has 1 N–H and O–H groups in total. The Bertz CT molecular complexity index is 276. The molecule has 76 valence electrons. The number of anilines is 1. The summed E-state index contributed by atoms with van der Waals surface area (Å²) in [5.74, 6) is 0. The Morgan fingerprint density at radius 1 is 1.36 bits per heavy atom. The number of pyridine rings is 1. The minimum atomic E-state index is 0.544. The average molecular weight is 191 g/mol. The molecule has 3 heteroatoms. The molecule has 2 unspecified atom stereocenters. The molecule has 1 aliphatic rings. The van der Waals surface area contributed by atoms with E-state index in [2.05, 4.69) is 35.1 Å². The molecular formula is C11H17N3. The van der Waals surface area contributed by atoms with Crippen molar-refractivity contribution in [3.8, 4) is 0 Å². The van der Waals surface area contributed by atoms with Gasteiger partial charge in [-0.2, -0.15) is 0 Å². The molecule has 0 spiro atoms. The molecule has 2 atom stereocenters. The van der Waals surface area contributed by atoms with Crippen molar-refractivity contribution >= 4 is 5.69 Å². The van der Waals surface area contributed by atoms with Gasteiger partial charge in [0, 0.05) is 31.4 Å². The molecule has 0 amide bonds. The number of piperazine rings is 1. The molecule has 2 heterocycles. The van der Waals surface area contributed by atoms with Crippen molar-refractivity contribution in [1.82, 2.24) is 10.3 Å². The van der Waals surface area contributed by atoms with Gasteiger partial charge < -0.3 is 10.2 Å². The normalized spacial score (nSPS) is 27.7. The Balaban J connectivity index is 2.23. The van der Waals surface area contributed by atoms with Crippen molar-refractivity contribution < 1.29 is 0 Å². The van der Waals surface area contributed by atoms with E-state index in [0.29, 0.717) is 12.1 Å². The molecule has 1 aromatic rings. The van der Waals surface area contributed by atoms with E-state index in [1.54, 1.807) is 0 Å². The molecule has 0 radical (unpaired) electrons. The molecular weight excluding hydrogens is 174 g/mol. The molecule has 0 aliphatic carbocycles. The van der Waals surface area contributed by atoms with Crippen molar-refractivity contribution in [1.29, 1.82) is 0 Å². The zero-order valence-corrected chi connectivity index (χ0v) is 8.77. The van der Waals surface area contributed by atoms with Crippen LogP contribution in [0.5, 0.6) is 0 Å². The first-order chi connectivity index (χ1) is 6.79. The first kappa shape index (κ1) is 9.46. The van der Waals surface area contributed by atoms with E-state index in [1.807, 2.05) is 18.5 Å². The number of rotatable bonds is 1. The molecule has 1 fully saturated rings.